The van der Waals surface area contributed by atoms with Gasteiger partial charge in [-0.15, -0.1) is 0 Å². The van der Waals surface area contributed by atoms with Gasteiger partial charge in [0, 0.05) is 13.0 Å². The second-order valence-corrected chi connectivity index (χ2v) is 5.92. The van der Waals surface area contributed by atoms with Gasteiger partial charge in [0.25, 0.3) is 0 Å². The average Bonchev–Trinajstić information content (AvgIpc) is 2.72. The van der Waals surface area contributed by atoms with E-state index in [4.69, 9.17) is 0 Å². The van der Waals surface area contributed by atoms with E-state index in [2.05, 4.69) is 33.3 Å². The molecule has 0 aliphatic carbocycles. The molecule has 1 amide bonds. The van der Waals surface area contributed by atoms with Crippen LogP contribution in [0.2, 0.25) is 0 Å². The summed E-state index contributed by atoms with van der Waals surface area (Å²) in [6.07, 6.45) is -0.142. The average molecular weight is 384 g/mol. The molecule has 0 aromatic carbocycles. The Morgan fingerprint density at radius 1 is 1.32 bits per heavy atom. The van der Waals surface area contributed by atoms with Gasteiger partial charge in [-0.05, 0) is 29.3 Å². The predicted molar refractivity (Wildman–Crippen MR) is 81.4 cm³/mol. The molecule has 0 aliphatic rings. The van der Waals surface area contributed by atoms with Gasteiger partial charge in [0.05, 0.1) is 16.7 Å². The van der Waals surface area contributed by atoms with Crippen molar-refractivity contribution >= 4 is 21.8 Å². The zero-order chi connectivity index (χ0) is 16.8. The Balaban J connectivity index is 2.46. The van der Waals surface area contributed by atoms with Crippen molar-refractivity contribution in [3.8, 4) is 0 Å². The van der Waals surface area contributed by atoms with Gasteiger partial charge in [0.2, 0.25) is 5.91 Å². The van der Waals surface area contributed by atoms with Crippen molar-refractivity contribution < 1.29 is 18.0 Å². The molecule has 1 rings (SSSR count). The number of nitrogens with zero attached hydrogens (tertiary/aromatic N) is 2. The summed E-state index contributed by atoms with van der Waals surface area (Å²) in [6.45, 7) is 4.38. The van der Waals surface area contributed by atoms with Gasteiger partial charge in [-0.1, -0.05) is 26.2 Å². The van der Waals surface area contributed by atoms with Crippen molar-refractivity contribution in [3.63, 3.8) is 0 Å². The maximum Gasteiger partial charge on any atom is 0.436 e. The number of carbonyl (C=O) groups is 1. The van der Waals surface area contributed by atoms with Crippen molar-refractivity contribution in [2.24, 2.45) is 0 Å². The Kier molecular flexibility index (Phi) is 7.38. The summed E-state index contributed by atoms with van der Waals surface area (Å²) in [5.74, 6) is -0.170. The third-order valence-electron chi connectivity index (χ3n) is 3.31. The van der Waals surface area contributed by atoms with Crippen LogP contribution in [0.5, 0.6) is 0 Å². The van der Waals surface area contributed by atoms with E-state index >= 15 is 0 Å². The minimum absolute atomic E-state index is 0.0695. The van der Waals surface area contributed by atoms with E-state index in [9.17, 15) is 18.0 Å². The standard InChI is InChI=1S/C14H21BrF3N3O/c1-3-4-5-6-8-19-11(22)7-9-21-10(2)12(15)13(20-21)14(16,17)18/h3-9H2,1-2H3,(H,19,22). The first-order chi connectivity index (χ1) is 10.3. The van der Waals surface area contributed by atoms with E-state index in [1.54, 1.807) is 0 Å². The van der Waals surface area contributed by atoms with Crippen molar-refractivity contribution in [1.29, 1.82) is 0 Å². The molecule has 0 bridgehead atoms. The summed E-state index contributed by atoms with van der Waals surface area (Å²) in [5, 5.41) is 6.31. The number of rotatable bonds is 8. The SMILES string of the molecule is CCCCCCNC(=O)CCn1nc(C(F)(F)F)c(Br)c1C. The van der Waals surface area contributed by atoms with Crippen molar-refractivity contribution in [3.05, 3.63) is 15.9 Å². The molecule has 0 saturated heterocycles. The molecule has 8 heteroatoms. The van der Waals surface area contributed by atoms with Gasteiger partial charge < -0.3 is 5.32 Å². The number of aromatic nitrogens is 2. The van der Waals surface area contributed by atoms with E-state index < -0.39 is 11.9 Å². The van der Waals surface area contributed by atoms with Crippen LogP contribution in [0.1, 0.15) is 50.4 Å². The first-order valence-corrected chi connectivity index (χ1v) is 8.13. The lowest BCUT2D eigenvalue weighted by atomic mass is 10.2. The zero-order valence-corrected chi connectivity index (χ0v) is 14.4. The number of amides is 1. The van der Waals surface area contributed by atoms with Crippen LogP contribution in [0, 0.1) is 6.92 Å². The van der Waals surface area contributed by atoms with E-state index in [0.717, 1.165) is 25.7 Å². The topological polar surface area (TPSA) is 46.9 Å². The predicted octanol–water partition coefficient (Wildman–Crippen LogP) is 4.06. The van der Waals surface area contributed by atoms with Gasteiger partial charge in [-0.25, -0.2) is 0 Å². The molecular formula is C14H21BrF3N3O. The largest absolute Gasteiger partial charge is 0.436 e. The van der Waals surface area contributed by atoms with E-state index in [1.165, 1.54) is 11.6 Å². The molecule has 0 unspecified atom stereocenters. The third-order valence-corrected chi connectivity index (χ3v) is 4.25. The normalized spacial score (nSPS) is 11.7. The molecule has 0 atom stereocenters. The Morgan fingerprint density at radius 3 is 2.55 bits per heavy atom. The first kappa shape index (κ1) is 19.0. The number of halogens is 4. The molecule has 0 fully saturated rings. The number of aryl methyl sites for hydroxylation is 1. The van der Waals surface area contributed by atoms with E-state index in [-0.39, 0.29) is 23.3 Å². The quantitative estimate of drug-likeness (QED) is 0.688. The summed E-state index contributed by atoms with van der Waals surface area (Å²) >= 11 is 2.91. The molecule has 22 heavy (non-hydrogen) atoms. The van der Waals surface area contributed by atoms with Crippen LogP contribution in [-0.2, 0) is 17.5 Å². The molecular weight excluding hydrogens is 363 g/mol. The van der Waals surface area contributed by atoms with Crippen LogP contribution in [0.3, 0.4) is 0 Å². The number of alkyl halides is 3. The minimum Gasteiger partial charge on any atom is -0.356 e. The molecule has 1 aromatic heterocycles. The van der Waals surface area contributed by atoms with Gasteiger partial charge in [-0.3, -0.25) is 9.48 Å². The molecule has 0 aliphatic heterocycles. The van der Waals surface area contributed by atoms with Crippen LogP contribution < -0.4 is 5.32 Å². The number of carbonyl (C=O) groups excluding carboxylic acids is 1. The first-order valence-electron chi connectivity index (χ1n) is 7.34. The molecule has 0 spiro atoms. The van der Waals surface area contributed by atoms with Crippen molar-refractivity contribution in [2.75, 3.05) is 6.54 Å². The third kappa shape index (κ3) is 5.62. The van der Waals surface area contributed by atoms with Crippen LogP contribution in [0.15, 0.2) is 4.47 Å². The highest BCUT2D eigenvalue weighted by atomic mass is 79.9. The van der Waals surface area contributed by atoms with Crippen molar-refractivity contribution in [1.82, 2.24) is 15.1 Å². The van der Waals surface area contributed by atoms with Crippen LogP contribution in [-0.4, -0.2) is 22.2 Å². The maximum absolute atomic E-state index is 12.7. The maximum atomic E-state index is 12.7. The van der Waals surface area contributed by atoms with E-state index in [0.29, 0.717) is 12.2 Å². The molecule has 0 saturated carbocycles. The number of nitrogens with one attached hydrogen (secondary N) is 1. The fraction of sp³-hybridized carbons (Fsp3) is 0.714. The second-order valence-electron chi connectivity index (χ2n) is 5.13. The lowest BCUT2D eigenvalue weighted by Gasteiger charge is -2.06. The number of hydrogen-bond donors (Lipinski definition) is 1. The van der Waals surface area contributed by atoms with E-state index in [1.807, 2.05) is 0 Å². The molecule has 1 heterocycles. The van der Waals surface area contributed by atoms with Gasteiger partial charge in [-0.2, -0.15) is 18.3 Å². The fourth-order valence-electron chi connectivity index (χ4n) is 2.00. The Morgan fingerprint density at radius 2 is 2.00 bits per heavy atom. The lowest BCUT2D eigenvalue weighted by molar-refractivity contribution is -0.142. The molecule has 4 nitrogen and oxygen atoms in total. The number of hydrogen-bond acceptors (Lipinski definition) is 2. The van der Waals surface area contributed by atoms with Crippen molar-refractivity contribution in [2.45, 2.75) is 58.7 Å². The molecule has 126 valence electrons. The molecule has 1 aromatic rings. The Labute approximate surface area is 136 Å². The Bertz CT molecular complexity index is 500. The van der Waals surface area contributed by atoms with Crippen LogP contribution in [0.25, 0.3) is 0 Å². The summed E-state index contributed by atoms with van der Waals surface area (Å²) in [4.78, 5) is 11.7. The minimum atomic E-state index is -4.50. The van der Waals surface area contributed by atoms with Crippen LogP contribution >= 0.6 is 15.9 Å². The highest BCUT2D eigenvalue weighted by Crippen LogP contribution is 2.35. The highest BCUT2D eigenvalue weighted by molar-refractivity contribution is 9.10. The zero-order valence-electron chi connectivity index (χ0n) is 12.8. The smallest absolute Gasteiger partial charge is 0.356 e. The summed E-state index contributed by atoms with van der Waals surface area (Å²) in [5.41, 5.74) is -0.590. The van der Waals surface area contributed by atoms with Gasteiger partial charge in [0.1, 0.15) is 0 Å². The molecule has 1 N–H and O–H groups in total. The highest BCUT2D eigenvalue weighted by Gasteiger charge is 2.37. The van der Waals surface area contributed by atoms with Gasteiger partial charge >= 0.3 is 6.18 Å². The fourth-order valence-corrected chi connectivity index (χ4v) is 2.51. The number of unbranched alkanes of at least 4 members (excludes halogenated alkanes) is 3. The van der Waals surface area contributed by atoms with Gasteiger partial charge in [0.15, 0.2) is 5.69 Å². The Hall–Kier alpha value is -1.05. The summed E-state index contributed by atoms with van der Waals surface area (Å²) < 4.78 is 39.3. The van der Waals surface area contributed by atoms with Crippen LogP contribution in [0.4, 0.5) is 13.2 Å². The molecule has 0 radical (unpaired) electrons. The second kappa shape index (κ2) is 8.55. The summed E-state index contributed by atoms with van der Waals surface area (Å²) in [6, 6.07) is 0. The lowest BCUT2D eigenvalue weighted by Crippen LogP contribution is -2.25. The monoisotopic (exact) mass is 383 g/mol. The summed E-state index contributed by atoms with van der Waals surface area (Å²) in [7, 11) is 0.